The molecule has 0 bridgehead atoms. The molecule has 0 aromatic heterocycles. The minimum atomic E-state index is -0.403. The van der Waals surface area contributed by atoms with Crippen molar-refractivity contribution in [2.45, 2.75) is 26.2 Å². The maximum Gasteiger partial charge on any atom is 0.325 e. The summed E-state index contributed by atoms with van der Waals surface area (Å²) < 4.78 is 4.64. The molecule has 0 radical (unpaired) electrons. The molecule has 5 nitrogen and oxygen atoms in total. The van der Waals surface area contributed by atoms with Gasteiger partial charge in [0.1, 0.15) is 6.54 Å². The molecule has 82 valence electrons. The number of hydrogen-bond donors (Lipinski definition) is 2. The van der Waals surface area contributed by atoms with Crippen molar-refractivity contribution >= 4 is 11.9 Å². The normalized spacial score (nSPS) is 9.57. The van der Waals surface area contributed by atoms with Gasteiger partial charge in [-0.05, 0) is 26.3 Å². The van der Waals surface area contributed by atoms with Crippen LogP contribution in [0, 0.1) is 0 Å². The number of esters is 1. The predicted octanol–water partition coefficient (Wildman–Crippen LogP) is -0.205. The lowest BCUT2D eigenvalue weighted by Crippen LogP contribution is -2.30. The number of carbonyl (C=O) groups excluding carboxylic acids is 2. The van der Waals surface area contributed by atoms with E-state index in [1.165, 1.54) is 0 Å². The molecule has 1 amide bonds. The first-order chi connectivity index (χ1) is 6.70. The Hall–Kier alpha value is -1.10. The van der Waals surface area contributed by atoms with Gasteiger partial charge in [-0.3, -0.25) is 9.59 Å². The van der Waals surface area contributed by atoms with Gasteiger partial charge in [0.25, 0.3) is 0 Å². The van der Waals surface area contributed by atoms with Gasteiger partial charge in [-0.2, -0.15) is 0 Å². The molecule has 0 aliphatic heterocycles. The molecule has 0 aromatic rings. The number of unbranched alkanes of at least 4 members (excludes halogenated alkanes) is 1. The van der Waals surface area contributed by atoms with Crippen molar-refractivity contribution in [2.75, 3.05) is 19.7 Å². The lowest BCUT2D eigenvalue weighted by Gasteiger charge is -2.04. The molecule has 0 fully saturated rings. The first-order valence-electron chi connectivity index (χ1n) is 4.83. The van der Waals surface area contributed by atoms with Crippen LogP contribution in [0.3, 0.4) is 0 Å². The fraction of sp³-hybridized carbons (Fsp3) is 0.778. The highest BCUT2D eigenvalue weighted by molar-refractivity contribution is 5.81. The molecule has 0 aliphatic rings. The van der Waals surface area contributed by atoms with E-state index in [1.807, 2.05) is 0 Å². The van der Waals surface area contributed by atoms with Crippen LogP contribution in [0.15, 0.2) is 0 Å². The van der Waals surface area contributed by atoms with Crippen LogP contribution in [-0.4, -0.2) is 31.6 Å². The van der Waals surface area contributed by atoms with Crippen molar-refractivity contribution < 1.29 is 14.3 Å². The molecule has 14 heavy (non-hydrogen) atoms. The van der Waals surface area contributed by atoms with Crippen LogP contribution in [0.25, 0.3) is 0 Å². The quantitative estimate of drug-likeness (QED) is 0.442. The zero-order chi connectivity index (χ0) is 10.8. The van der Waals surface area contributed by atoms with E-state index in [0.29, 0.717) is 19.6 Å². The molecule has 0 aliphatic carbocycles. The number of hydrogen-bond acceptors (Lipinski definition) is 4. The summed E-state index contributed by atoms with van der Waals surface area (Å²) in [7, 11) is 0. The predicted molar refractivity (Wildman–Crippen MR) is 52.5 cm³/mol. The Morgan fingerprint density at radius 2 is 2.07 bits per heavy atom. The van der Waals surface area contributed by atoms with Crippen LogP contribution in [-0.2, 0) is 14.3 Å². The number of nitrogens with one attached hydrogen (secondary N) is 1. The summed E-state index contributed by atoms with van der Waals surface area (Å²) in [6.07, 6.45) is 1.99. The van der Waals surface area contributed by atoms with Crippen LogP contribution < -0.4 is 11.1 Å². The summed E-state index contributed by atoms with van der Waals surface area (Å²) in [5.41, 5.74) is 5.27. The van der Waals surface area contributed by atoms with Gasteiger partial charge < -0.3 is 15.8 Å². The fourth-order valence-corrected chi connectivity index (χ4v) is 0.901. The largest absolute Gasteiger partial charge is 0.465 e. The highest BCUT2D eigenvalue weighted by Crippen LogP contribution is 1.92. The maximum absolute atomic E-state index is 11.1. The molecule has 0 spiro atoms. The van der Waals surface area contributed by atoms with E-state index >= 15 is 0 Å². The summed E-state index contributed by atoms with van der Waals surface area (Å²) in [5, 5.41) is 2.47. The highest BCUT2D eigenvalue weighted by atomic mass is 16.5. The molecule has 0 saturated heterocycles. The lowest BCUT2D eigenvalue weighted by atomic mass is 10.2. The molecule has 3 N–H and O–H groups in total. The molecule has 0 heterocycles. The Kier molecular flexibility index (Phi) is 7.83. The molecular formula is C9H18N2O3. The van der Waals surface area contributed by atoms with E-state index in [4.69, 9.17) is 5.73 Å². The molecule has 0 atom stereocenters. The van der Waals surface area contributed by atoms with E-state index < -0.39 is 5.97 Å². The van der Waals surface area contributed by atoms with E-state index in [-0.39, 0.29) is 12.5 Å². The lowest BCUT2D eigenvalue weighted by molar-refractivity contribution is -0.143. The van der Waals surface area contributed by atoms with Gasteiger partial charge in [0.2, 0.25) is 5.91 Å². The SMILES string of the molecule is CCOC(=O)CNC(=O)CCCCN. The first kappa shape index (κ1) is 12.9. The van der Waals surface area contributed by atoms with Crippen molar-refractivity contribution in [1.82, 2.24) is 5.32 Å². The second-order valence-corrected chi connectivity index (χ2v) is 2.83. The average Bonchev–Trinajstić information content (AvgIpc) is 2.16. The van der Waals surface area contributed by atoms with Crippen molar-refractivity contribution in [3.05, 3.63) is 0 Å². The number of amides is 1. The molecule has 0 saturated carbocycles. The topological polar surface area (TPSA) is 81.4 Å². The van der Waals surface area contributed by atoms with Crippen LogP contribution in [0.1, 0.15) is 26.2 Å². The number of rotatable bonds is 7. The van der Waals surface area contributed by atoms with Gasteiger partial charge in [0.15, 0.2) is 0 Å². The van der Waals surface area contributed by atoms with Gasteiger partial charge in [0.05, 0.1) is 6.61 Å². The van der Waals surface area contributed by atoms with Gasteiger partial charge in [0, 0.05) is 6.42 Å². The third-order valence-corrected chi connectivity index (χ3v) is 1.59. The van der Waals surface area contributed by atoms with E-state index in [0.717, 1.165) is 12.8 Å². The summed E-state index contributed by atoms with van der Waals surface area (Å²) in [6, 6.07) is 0. The maximum atomic E-state index is 11.1. The standard InChI is InChI=1S/C9H18N2O3/c1-2-14-9(13)7-11-8(12)5-3-4-6-10/h2-7,10H2,1H3,(H,11,12). The fourth-order valence-electron chi connectivity index (χ4n) is 0.901. The van der Waals surface area contributed by atoms with Gasteiger partial charge in [-0.25, -0.2) is 0 Å². The third-order valence-electron chi connectivity index (χ3n) is 1.59. The number of carbonyl (C=O) groups is 2. The van der Waals surface area contributed by atoms with Crippen molar-refractivity contribution in [2.24, 2.45) is 5.73 Å². The Morgan fingerprint density at radius 3 is 2.64 bits per heavy atom. The molecule has 0 aromatic carbocycles. The van der Waals surface area contributed by atoms with Crippen LogP contribution in [0.4, 0.5) is 0 Å². The van der Waals surface area contributed by atoms with Crippen molar-refractivity contribution in [3.63, 3.8) is 0 Å². The summed E-state index contributed by atoms with van der Waals surface area (Å²) in [6.45, 7) is 2.60. The molecule has 5 heteroatoms. The Labute approximate surface area is 84.0 Å². The number of ether oxygens (including phenoxy) is 1. The van der Waals surface area contributed by atoms with Gasteiger partial charge in [-0.1, -0.05) is 0 Å². The van der Waals surface area contributed by atoms with Crippen molar-refractivity contribution in [3.8, 4) is 0 Å². The van der Waals surface area contributed by atoms with E-state index in [9.17, 15) is 9.59 Å². The molecule has 0 unspecified atom stereocenters. The van der Waals surface area contributed by atoms with E-state index in [2.05, 4.69) is 10.1 Å². The second kappa shape index (κ2) is 8.50. The average molecular weight is 202 g/mol. The minimum Gasteiger partial charge on any atom is -0.465 e. The van der Waals surface area contributed by atoms with E-state index in [1.54, 1.807) is 6.92 Å². The number of nitrogens with two attached hydrogens (primary N) is 1. The second-order valence-electron chi connectivity index (χ2n) is 2.83. The third kappa shape index (κ3) is 7.54. The van der Waals surface area contributed by atoms with Crippen LogP contribution in [0.5, 0.6) is 0 Å². The monoisotopic (exact) mass is 202 g/mol. The van der Waals surface area contributed by atoms with Gasteiger partial charge in [-0.15, -0.1) is 0 Å². The molecular weight excluding hydrogens is 184 g/mol. The van der Waals surface area contributed by atoms with Crippen LogP contribution in [0.2, 0.25) is 0 Å². The highest BCUT2D eigenvalue weighted by Gasteiger charge is 2.04. The Balaban J connectivity index is 3.39. The Morgan fingerprint density at radius 1 is 1.36 bits per heavy atom. The first-order valence-corrected chi connectivity index (χ1v) is 4.83. The minimum absolute atomic E-state index is 0.0463. The van der Waals surface area contributed by atoms with Crippen molar-refractivity contribution in [1.29, 1.82) is 0 Å². The van der Waals surface area contributed by atoms with Gasteiger partial charge >= 0.3 is 5.97 Å². The zero-order valence-electron chi connectivity index (χ0n) is 8.54. The summed E-state index contributed by atoms with van der Waals surface area (Å²) >= 11 is 0. The smallest absolute Gasteiger partial charge is 0.325 e. The van der Waals surface area contributed by atoms with Crippen LogP contribution >= 0.6 is 0 Å². The summed E-state index contributed by atoms with van der Waals surface area (Å²) in [5.74, 6) is -0.536. The molecule has 0 rings (SSSR count). The summed E-state index contributed by atoms with van der Waals surface area (Å²) in [4.78, 5) is 21.9. The Bertz CT molecular complexity index is 183. The zero-order valence-corrected chi connectivity index (χ0v) is 8.54.